The van der Waals surface area contributed by atoms with E-state index in [9.17, 15) is 0 Å². The van der Waals surface area contributed by atoms with Gasteiger partial charge in [-0.3, -0.25) is 0 Å². The molecule has 66 valence electrons. The first-order valence-corrected chi connectivity index (χ1v) is 11.7. The van der Waals surface area contributed by atoms with E-state index in [2.05, 4.69) is 0 Å². The molecular formula is C10H11ClFe. The van der Waals surface area contributed by atoms with Gasteiger partial charge in [0.05, 0.1) is 0 Å². The molecule has 0 saturated carbocycles. The van der Waals surface area contributed by atoms with Gasteiger partial charge in [0, 0.05) is 0 Å². The average Bonchev–Trinajstić information content (AvgIpc) is 3.01. The second-order valence-electron chi connectivity index (χ2n) is 9.58. The number of rotatable bonds is 0. The summed E-state index contributed by atoms with van der Waals surface area (Å²) in [6, 6.07) is 0. The van der Waals surface area contributed by atoms with Crippen LogP contribution < -0.4 is 0 Å². The summed E-state index contributed by atoms with van der Waals surface area (Å²) >= 11 is 0. The predicted molar refractivity (Wildman–Crippen MR) is 44.7 cm³/mol. The Morgan fingerprint density at radius 2 is 0.583 bits per heavy atom. The molecule has 12 heavy (non-hydrogen) atoms. The molecule has 0 atom stereocenters. The molecule has 0 amide bonds. The zero-order valence-electron chi connectivity index (χ0n) is 6.54. The Morgan fingerprint density at radius 3 is 0.583 bits per heavy atom. The number of halogens is 1. The van der Waals surface area contributed by atoms with Crippen LogP contribution in [0.2, 0.25) is 48.2 Å². The van der Waals surface area contributed by atoms with Crippen LogP contribution in [-0.2, 0) is 6.51 Å². The van der Waals surface area contributed by atoms with E-state index in [1.165, 1.54) is 0 Å². The van der Waals surface area contributed by atoms with Crippen LogP contribution in [0, 0.1) is 0 Å². The first kappa shape index (κ1) is 4.13. The second-order valence-corrected chi connectivity index (χ2v) is 33.5. The summed E-state index contributed by atoms with van der Waals surface area (Å²) in [5, 5.41) is 0. The molecule has 10 saturated heterocycles. The molecule has 0 radical (unpaired) electrons. The van der Waals surface area contributed by atoms with E-state index in [1.807, 2.05) is 0 Å². The van der Waals surface area contributed by atoms with Crippen LogP contribution in [0.3, 0.4) is 0 Å². The summed E-state index contributed by atoms with van der Waals surface area (Å²) < 4.78 is 0. The summed E-state index contributed by atoms with van der Waals surface area (Å²) in [7, 11) is 0. The third kappa shape index (κ3) is 0.0258. The SMILES string of the molecule is Cl.[CH]12[CH]3[CH]4[CH]5[CH]1[Fe]23451678[CH]2[CH]1[CH]6[CH]7[CH]28. The predicted octanol–water partition coefficient (Wildman–Crippen LogP) is 3.80. The normalized spacial score (nSPS) is 157. The molecule has 2 heteroatoms. The zero-order valence-corrected chi connectivity index (χ0v) is 8.46. The van der Waals surface area contributed by atoms with Crippen molar-refractivity contribution in [3.63, 3.8) is 0 Å². The molecule has 0 unspecified atom stereocenters. The summed E-state index contributed by atoms with van der Waals surface area (Å²) in [6.45, 7) is -2.28. The molecule has 0 nitrogen and oxygen atoms in total. The molecule has 10 aliphatic heterocycles. The summed E-state index contributed by atoms with van der Waals surface area (Å²) in [4.78, 5) is 15.9. The molecule has 10 fully saturated rings. The van der Waals surface area contributed by atoms with Crippen molar-refractivity contribution in [1.29, 1.82) is 0 Å². The van der Waals surface area contributed by atoms with Crippen molar-refractivity contribution in [2.45, 2.75) is 48.2 Å². The summed E-state index contributed by atoms with van der Waals surface area (Å²) in [5.41, 5.74) is 0. The van der Waals surface area contributed by atoms with Gasteiger partial charge in [0.15, 0.2) is 0 Å². The van der Waals surface area contributed by atoms with Crippen molar-refractivity contribution in [3.8, 4) is 0 Å². The van der Waals surface area contributed by atoms with E-state index in [0.717, 1.165) is 0 Å². The Balaban J connectivity index is 0.000000400. The standard InChI is InChI=1S/2C5H5.ClH.Fe/c2*1-2-4-5-3-1;;/h2*1-5H;1H;. The molecule has 0 aromatic heterocycles. The van der Waals surface area contributed by atoms with Gasteiger partial charge in [0.25, 0.3) is 0 Å². The molecule has 0 aromatic carbocycles. The van der Waals surface area contributed by atoms with Crippen LogP contribution in [0.4, 0.5) is 0 Å². The topological polar surface area (TPSA) is 0 Å². The molecule has 10 aliphatic rings. The Hall–Kier alpha value is 0.809. The van der Waals surface area contributed by atoms with Gasteiger partial charge in [-0.2, -0.15) is 0 Å². The fraction of sp³-hybridized carbons (Fsp3) is 1.00. The molecular weight excluding hydrogens is 211 g/mol. The van der Waals surface area contributed by atoms with Crippen molar-refractivity contribution in [2.75, 3.05) is 0 Å². The van der Waals surface area contributed by atoms with Gasteiger partial charge in [-0.05, 0) is 0 Å². The third-order valence-corrected chi connectivity index (χ3v) is 56.5. The first-order chi connectivity index (χ1) is 5.16. The number of hydrogen-bond acceptors (Lipinski definition) is 0. The molecule has 1 spiro atoms. The van der Waals surface area contributed by atoms with Crippen molar-refractivity contribution >= 4 is 12.4 Å². The zero-order chi connectivity index (χ0) is 6.09. The minimum absolute atomic E-state index is 0. The molecule has 0 N–H and O–H groups in total. The van der Waals surface area contributed by atoms with Gasteiger partial charge < -0.3 is 0 Å². The van der Waals surface area contributed by atoms with Crippen molar-refractivity contribution in [2.24, 2.45) is 0 Å². The minimum atomic E-state index is -2.28. The van der Waals surface area contributed by atoms with Crippen LogP contribution in [-0.4, -0.2) is 0 Å². The monoisotopic (exact) mass is 222 g/mol. The summed E-state index contributed by atoms with van der Waals surface area (Å²) in [5.74, 6) is 0. The van der Waals surface area contributed by atoms with E-state index < -0.39 is 6.51 Å². The van der Waals surface area contributed by atoms with Crippen molar-refractivity contribution in [3.05, 3.63) is 0 Å². The maximum absolute atomic E-state index is 2.28. The Labute approximate surface area is 67.2 Å². The first-order valence-electron chi connectivity index (χ1n) is 5.37. The molecule has 10 heterocycles. The van der Waals surface area contributed by atoms with Crippen LogP contribution >= 0.6 is 12.4 Å². The van der Waals surface area contributed by atoms with Gasteiger partial charge in [-0.25, -0.2) is 0 Å². The second kappa shape index (κ2) is 0.240. The van der Waals surface area contributed by atoms with E-state index >= 15 is 0 Å². The Bertz CT molecular complexity index is 577. The molecule has 10 rings (SSSR count). The van der Waals surface area contributed by atoms with Gasteiger partial charge in [0.1, 0.15) is 0 Å². The van der Waals surface area contributed by atoms with Crippen molar-refractivity contribution < 1.29 is 6.51 Å². The molecule has 0 aromatic rings. The summed E-state index contributed by atoms with van der Waals surface area (Å²) in [6.07, 6.45) is 0. The average molecular weight is 222 g/mol. The van der Waals surface area contributed by atoms with Crippen LogP contribution in [0.1, 0.15) is 0 Å². The third-order valence-electron chi connectivity index (χ3n) is 14.5. The quantitative estimate of drug-likeness (QED) is 0.547. The van der Waals surface area contributed by atoms with Gasteiger partial charge in [-0.15, -0.1) is 12.4 Å². The van der Waals surface area contributed by atoms with Crippen LogP contribution in [0.5, 0.6) is 0 Å². The van der Waals surface area contributed by atoms with E-state index in [0.29, 0.717) is 0 Å². The van der Waals surface area contributed by atoms with E-state index in [1.54, 1.807) is 48.2 Å². The Morgan fingerprint density at radius 1 is 0.417 bits per heavy atom. The number of hydrogen-bond donors (Lipinski definition) is 0. The fourth-order valence-corrected chi connectivity index (χ4v) is 88.0. The maximum atomic E-state index is 1.59. The van der Waals surface area contributed by atoms with Gasteiger partial charge in [-0.1, -0.05) is 0 Å². The van der Waals surface area contributed by atoms with Crippen LogP contribution in [0.25, 0.3) is 0 Å². The Kier molecular flexibility index (Phi) is 0.0825. The van der Waals surface area contributed by atoms with E-state index in [-0.39, 0.29) is 12.4 Å². The molecule has 0 aliphatic carbocycles. The van der Waals surface area contributed by atoms with Gasteiger partial charge >= 0.3 is 54.7 Å². The number of fused-ring (bicyclic) bond motifs is 10. The van der Waals surface area contributed by atoms with E-state index in [4.69, 9.17) is 0 Å². The fourth-order valence-electron chi connectivity index (χ4n) is 15.8. The van der Waals surface area contributed by atoms with Crippen molar-refractivity contribution in [1.82, 2.24) is 0 Å². The molecule has 0 bridgehead atoms. The van der Waals surface area contributed by atoms with Gasteiger partial charge in [0.2, 0.25) is 0 Å². The van der Waals surface area contributed by atoms with Crippen LogP contribution in [0.15, 0.2) is 0 Å².